The van der Waals surface area contributed by atoms with E-state index in [0.717, 1.165) is 45.6 Å². The number of nitrogens with one attached hydrogen (secondary N) is 1. The van der Waals surface area contributed by atoms with E-state index in [1.54, 1.807) is 10.9 Å². The maximum absolute atomic E-state index is 13.2. The van der Waals surface area contributed by atoms with Crippen molar-refractivity contribution in [2.24, 2.45) is 0 Å². The number of tetrazole rings is 1. The second-order valence-corrected chi connectivity index (χ2v) is 9.18. The second-order valence-electron chi connectivity index (χ2n) is 9.18. The molecule has 1 N–H and O–H groups in total. The van der Waals surface area contributed by atoms with Crippen LogP contribution in [0.15, 0.2) is 76.1 Å². The summed E-state index contributed by atoms with van der Waals surface area (Å²) in [4.78, 5) is 18.6. The highest BCUT2D eigenvalue weighted by molar-refractivity contribution is 5.83. The van der Waals surface area contributed by atoms with Gasteiger partial charge in [-0.25, -0.2) is 4.68 Å². The van der Waals surface area contributed by atoms with Crippen LogP contribution in [0.3, 0.4) is 0 Å². The van der Waals surface area contributed by atoms with Crippen LogP contribution < -0.4 is 5.56 Å². The lowest BCUT2D eigenvalue weighted by Gasteiger charge is -2.30. The minimum Gasteiger partial charge on any atom is -0.467 e. The molecule has 0 amide bonds. The van der Waals surface area contributed by atoms with Crippen LogP contribution >= 0.6 is 0 Å². The Labute approximate surface area is 209 Å². The van der Waals surface area contributed by atoms with Crippen LogP contribution in [-0.4, -0.2) is 30.1 Å². The highest BCUT2D eigenvalue weighted by atomic mass is 16.3. The highest BCUT2D eigenvalue weighted by Crippen LogP contribution is 2.27. The van der Waals surface area contributed by atoms with Gasteiger partial charge in [-0.3, -0.25) is 9.69 Å². The first-order chi connectivity index (χ1) is 17.5. The standard InChI is InChI=1S/C28H30N6O2/c1-4-25(27-30-31-32-34(27)18-24-11-8-14-36-24)33(16-21-9-6-5-7-10-21)17-23-15-22-13-12-19(2)20(3)26(22)29-28(23)35/h5-15,25H,4,16-18H2,1-3H3,(H,29,35). The minimum atomic E-state index is -0.106. The molecule has 0 aliphatic carbocycles. The molecular weight excluding hydrogens is 452 g/mol. The predicted molar refractivity (Wildman–Crippen MR) is 138 cm³/mol. The number of aromatic amines is 1. The predicted octanol–water partition coefficient (Wildman–Crippen LogP) is 4.93. The van der Waals surface area contributed by atoms with E-state index in [2.05, 4.69) is 63.5 Å². The van der Waals surface area contributed by atoms with Crippen LogP contribution in [0.4, 0.5) is 0 Å². The van der Waals surface area contributed by atoms with Crippen LogP contribution in [0.5, 0.6) is 0 Å². The monoisotopic (exact) mass is 482 g/mol. The maximum atomic E-state index is 13.2. The van der Waals surface area contributed by atoms with E-state index in [4.69, 9.17) is 4.42 Å². The third kappa shape index (κ3) is 4.85. The van der Waals surface area contributed by atoms with E-state index in [9.17, 15) is 4.79 Å². The van der Waals surface area contributed by atoms with Gasteiger partial charge in [-0.15, -0.1) is 5.10 Å². The lowest BCUT2D eigenvalue weighted by atomic mass is 10.0. The van der Waals surface area contributed by atoms with Crippen molar-refractivity contribution in [2.45, 2.75) is 52.9 Å². The summed E-state index contributed by atoms with van der Waals surface area (Å²) in [5, 5.41) is 13.6. The van der Waals surface area contributed by atoms with Crippen LogP contribution in [0.1, 0.15) is 53.2 Å². The summed E-state index contributed by atoms with van der Waals surface area (Å²) in [6.07, 6.45) is 2.42. The number of aryl methyl sites for hydroxylation is 2. The van der Waals surface area contributed by atoms with Crippen LogP contribution in [0.2, 0.25) is 0 Å². The molecule has 0 saturated carbocycles. The molecule has 1 unspecified atom stereocenters. The molecule has 8 heteroatoms. The molecule has 5 aromatic rings. The largest absolute Gasteiger partial charge is 0.467 e. The van der Waals surface area contributed by atoms with Crippen molar-refractivity contribution in [3.05, 3.63) is 111 Å². The third-order valence-corrected chi connectivity index (χ3v) is 6.80. The summed E-state index contributed by atoms with van der Waals surface area (Å²) in [5.74, 6) is 1.53. The lowest BCUT2D eigenvalue weighted by molar-refractivity contribution is 0.161. The van der Waals surface area contributed by atoms with Gasteiger partial charge in [-0.1, -0.05) is 49.4 Å². The number of pyridine rings is 1. The van der Waals surface area contributed by atoms with Gasteiger partial charge < -0.3 is 9.40 Å². The number of fused-ring (bicyclic) bond motifs is 1. The molecule has 0 saturated heterocycles. The topological polar surface area (TPSA) is 92.8 Å². The molecular formula is C28H30N6O2. The zero-order valence-corrected chi connectivity index (χ0v) is 20.8. The van der Waals surface area contributed by atoms with Gasteiger partial charge in [-0.05, 0) is 71.0 Å². The van der Waals surface area contributed by atoms with Gasteiger partial charge in [0.05, 0.1) is 17.8 Å². The van der Waals surface area contributed by atoms with Crippen molar-refractivity contribution in [1.82, 2.24) is 30.1 Å². The summed E-state index contributed by atoms with van der Waals surface area (Å²) in [5.41, 5.74) is 4.95. The van der Waals surface area contributed by atoms with E-state index >= 15 is 0 Å². The maximum Gasteiger partial charge on any atom is 0.252 e. The smallest absolute Gasteiger partial charge is 0.252 e. The average molecular weight is 483 g/mol. The number of aromatic nitrogens is 5. The Morgan fingerprint density at radius 3 is 2.64 bits per heavy atom. The fourth-order valence-electron chi connectivity index (χ4n) is 4.72. The zero-order chi connectivity index (χ0) is 25.1. The van der Waals surface area contributed by atoms with Gasteiger partial charge in [0, 0.05) is 18.7 Å². The summed E-state index contributed by atoms with van der Waals surface area (Å²) >= 11 is 0. The number of benzene rings is 2. The van der Waals surface area contributed by atoms with Gasteiger partial charge in [0.25, 0.3) is 5.56 Å². The Morgan fingerprint density at radius 2 is 1.89 bits per heavy atom. The van der Waals surface area contributed by atoms with Crippen LogP contribution in [-0.2, 0) is 19.6 Å². The molecule has 0 spiro atoms. The van der Waals surface area contributed by atoms with Gasteiger partial charge in [0.2, 0.25) is 0 Å². The number of furan rings is 1. The summed E-state index contributed by atoms with van der Waals surface area (Å²) < 4.78 is 7.31. The molecule has 36 heavy (non-hydrogen) atoms. The molecule has 0 fully saturated rings. The van der Waals surface area contributed by atoms with Crippen molar-refractivity contribution in [3.63, 3.8) is 0 Å². The molecule has 184 valence electrons. The molecule has 1 atom stereocenters. The molecule has 0 bridgehead atoms. The average Bonchev–Trinajstić information content (AvgIpc) is 3.57. The zero-order valence-electron chi connectivity index (χ0n) is 20.8. The molecule has 0 aliphatic rings. The molecule has 2 aromatic carbocycles. The number of H-pyrrole nitrogens is 1. The van der Waals surface area contributed by atoms with Gasteiger partial charge in [0.15, 0.2) is 5.82 Å². The first-order valence-electron chi connectivity index (χ1n) is 12.2. The molecule has 0 aliphatic heterocycles. The molecule has 0 radical (unpaired) electrons. The molecule has 5 rings (SSSR count). The SMILES string of the molecule is CCC(c1nnnn1Cc1ccco1)N(Cc1ccccc1)Cc1cc2ccc(C)c(C)c2[nH]c1=O. The van der Waals surface area contributed by atoms with Crippen LogP contribution in [0.25, 0.3) is 10.9 Å². The quantitative estimate of drug-likeness (QED) is 0.320. The van der Waals surface area contributed by atoms with Crippen molar-refractivity contribution in [1.29, 1.82) is 0 Å². The van der Waals surface area contributed by atoms with E-state index < -0.39 is 0 Å². The first-order valence-corrected chi connectivity index (χ1v) is 12.2. The van der Waals surface area contributed by atoms with Crippen LogP contribution in [0, 0.1) is 13.8 Å². The fourth-order valence-corrected chi connectivity index (χ4v) is 4.72. The Kier molecular flexibility index (Phi) is 6.77. The molecule has 3 heterocycles. The minimum absolute atomic E-state index is 0.0701. The first kappa shape index (κ1) is 23.7. The van der Waals surface area contributed by atoms with E-state index in [0.29, 0.717) is 25.2 Å². The summed E-state index contributed by atoms with van der Waals surface area (Å²) in [6.45, 7) is 7.77. The van der Waals surface area contributed by atoms with Gasteiger partial charge in [0.1, 0.15) is 12.3 Å². The van der Waals surface area contributed by atoms with Crippen molar-refractivity contribution < 1.29 is 4.42 Å². The summed E-state index contributed by atoms with van der Waals surface area (Å²) in [6, 6.07) is 20.1. The van der Waals surface area contributed by atoms with E-state index in [1.807, 2.05) is 43.3 Å². The molecule has 3 aromatic heterocycles. The number of rotatable bonds is 9. The van der Waals surface area contributed by atoms with Crippen molar-refractivity contribution >= 4 is 10.9 Å². The Morgan fingerprint density at radius 1 is 1.06 bits per heavy atom. The normalized spacial score (nSPS) is 12.4. The lowest BCUT2D eigenvalue weighted by Crippen LogP contribution is -2.32. The van der Waals surface area contributed by atoms with Crippen molar-refractivity contribution in [3.8, 4) is 0 Å². The second kappa shape index (κ2) is 10.3. The van der Waals surface area contributed by atoms with Crippen molar-refractivity contribution in [2.75, 3.05) is 0 Å². The number of nitrogens with zero attached hydrogens (tertiary/aromatic N) is 5. The Balaban J connectivity index is 1.53. The summed E-state index contributed by atoms with van der Waals surface area (Å²) in [7, 11) is 0. The Bertz CT molecular complexity index is 1500. The third-order valence-electron chi connectivity index (χ3n) is 6.80. The fraction of sp³-hybridized carbons (Fsp3) is 0.286. The van der Waals surface area contributed by atoms with Gasteiger partial charge in [-0.2, -0.15) is 0 Å². The highest BCUT2D eigenvalue weighted by Gasteiger charge is 2.26. The van der Waals surface area contributed by atoms with E-state index in [1.165, 1.54) is 0 Å². The van der Waals surface area contributed by atoms with Gasteiger partial charge >= 0.3 is 0 Å². The number of hydrogen-bond acceptors (Lipinski definition) is 6. The van der Waals surface area contributed by atoms with E-state index in [-0.39, 0.29) is 11.6 Å². The molecule has 8 nitrogen and oxygen atoms in total. The Hall–Kier alpha value is -4.04. The number of hydrogen-bond donors (Lipinski definition) is 1.